The minimum absolute atomic E-state index is 0.0816. The molecule has 2 aromatic rings. The summed E-state index contributed by atoms with van der Waals surface area (Å²) in [6.07, 6.45) is 0. The predicted octanol–water partition coefficient (Wildman–Crippen LogP) is 2.48. The number of aliphatic hydroxyl groups is 1. The van der Waals surface area contributed by atoms with E-state index in [1.165, 1.54) is 31.2 Å². The number of rotatable bonds is 4. The van der Waals surface area contributed by atoms with Crippen molar-refractivity contribution in [2.75, 3.05) is 0 Å². The summed E-state index contributed by atoms with van der Waals surface area (Å²) in [5, 5.41) is 10.00. The first-order chi connectivity index (χ1) is 12.1. The largest absolute Gasteiger partial charge is 0.501 e. The summed E-state index contributed by atoms with van der Waals surface area (Å²) in [6.45, 7) is 1.21. The Bertz CT molecular complexity index is 1020. The van der Waals surface area contributed by atoms with Crippen molar-refractivity contribution < 1.29 is 31.8 Å². The van der Waals surface area contributed by atoms with Gasteiger partial charge in [-0.2, -0.15) is 0 Å². The number of halogens is 2. The highest BCUT2D eigenvalue weighted by atomic mass is 32.2. The molecule has 0 saturated heterocycles. The molecule has 1 unspecified atom stereocenters. The third-order valence-electron chi connectivity index (χ3n) is 3.92. The number of aliphatic hydroxyl groups excluding tert-OH is 1. The molecule has 6 nitrogen and oxygen atoms in total. The summed E-state index contributed by atoms with van der Waals surface area (Å²) in [6, 6.07) is 9.88. The van der Waals surface area contributed by atoms with E-state index >= 15 is 0 Å². The fraction of sp³-hybridized carbons (Fsp3) is 0.118. The Hall–Kier alpha value is -2.94. The molecule has 2 N–H and O–H groups in total. The van der Waals surface area contributed by atoms with Crippen LogP contribution in [0, 0.1) is 11.6 Å². The fourth-order valence-corrected chi connectivity index (χ4v) is 3.48. The van der Waals surface area contributed by atoms with Gasteiger partial charge in [0.2, 0.25) is 11.6 Å². The van der Waals surface area contributed by atoms with Crippen LogP contribution >= 0.6 is 0 Å². The number of hydrogen-bond acceptors (Lipinski definition) is 5. The SMILES string of the molecule is CC1(c2ccc(F)c(F)c2)OC(NS(=O)(=O)c2ccccc2)=C(O)C1=O. The first kappa shape index (κ1) is 17.9. The molecule has 0 aliphatic carbocycles. The molecular weight excluding hydrogens is 368 g/mol. The number of carbonyl (C=O) groups excluding carboxylic acids is 1. The van der Waals surface area contributed by atoms with Gasteiger partial charge < -0.3 is 9.84 Å². The summed E-state index contributed by atoms with van der Waals surface area (Å²) in [5.41, 5.74) is -1.99. The van der Waals surface area contributed by atoms with Gasteiger partial charge in [0, 0.05) is 5.56 Å². The van der Waals surface area contributed by atoms with Gasteiger partial charge in [-0.05, 0) is 31.2 Å². The van der Waals surface area contributed by atoms with Crippen LogP contribution in [0.5, 0.6) is 0 Å². The Balaban J connectivity index is 1.94. The number of ketones is 1. The summed E-state index contributed by atoms with van der Waals surface area (Å²) in [7, 11) is -4.13. The number of hydrogen-bond donors (Lipinski definition) is 2. The maximum absolute atomic E-state index is 13.5. The Morgan fingerprint density at radius 2 is 1.73 bits per heavy atom. The first-order valence-corrected chi connectivity index (χ1v) is 8.84. The van der Waals surface area contributed by atoms with E-state index in [2.05, 4.69) is 0 Å². The van der Waals surface area contributed by atoms with E-state index in [1.54, 1.807) is 6.07 Å². The molecule has 1 atom stereocenters. The Morgan fingerprint density at radius 1 is 1.08 bits per heavy atom. The molecule has 9 heteroatoms. The lowest BCUT2D eigenvalue weighted by molar-refractivity contribution is -0.131. The van der Waals surface area contributed by atoms with Gasteiger partial charge in [-0.25, -0.2) is 21.9 Å². The minimum atomic E-state index is -4.13. The molecule has 136 valence electrons. The molecule has 1 heterocycles. The number of nitrogens with one attached hydrogen (secondary N) is 1. The second-order valence-electron chi connectivity index (χ2n) is 5.69. The number of Topliss-reactive ketones (excluding diaryl/α,β-unsaturated/α-hetero) is 1. The van der Waals surface area contributed by atoms with E-state index in [0.29, 0.717) is 0 Å². The zero-order chi connectivity index (χ0) is 19.1. The third-order valence-corrected chi connectivity index (χ3v) is 5.27. The Labute approximate surface area is 147 Å². The molecule has 0 bridgehead atoms. The second-order valence-corrected chi connectivity index (χ2v) is 7.37. The number of ether oxygens (including phenoxy) is 1. The second kappa shape index (κ2) is 6.10. The fourth-order valence-electron chi connectivity index (χ4n) is 2.46. The zero-order valence-corrected chi connectivity index (χ0v) is 14.2. The molecule has 0 aromatic heterocycles. The van der Waals surface area contributed by atoms with E-state index in [4.69, 9.17) is 4.74 Å². The number of carbonyl (C=O) groups is 1. The maximum atomic E-state index is 13.5. The molecule has 0 radical (unpaired) electrons. The van der Waals surface area contributed by atoms with Crippen LogP contribution in [0.2, 0.25) is 0 Å². The van der Waals surface area contributed by atoms with E-state index < -0.39 is 44.7 Å². The highest BCUT2D eigenvalue weighted by Gasteiger charge is 2.49. The summed E-state index contributed by atoms with van der Waals surface area (Å²) >= 11 is 0. The molecule has 0 fully saturated rings. The molecule has 0 saturated carbocycles. The van der Waals surface area contributed by atoms with Crippen LogP contribution in [0.1, 0.15) is 12.5 Å². The minimum Gasteiger partial charge on any atom is -0.501 e. The number of sulfonamides is 1. The van der Waals surface area contributed by atoms with Gasteiger partial charge in [0.05, 0.1) is 4.90 Å². The smallest absolute Gasteiger partial charge is 0.264 e. The van der Waals surface area contributed by atoms with Gasteiger partial charge in [-0.3, -0.25) is 4.79 Å². The highest BCUT2D eigenvalue weighted by molar-refractivity contribution is 7.89. The van der Waals surface area contributed by atoms with Crippen molar-refractivity contribution in [2.45, 2.75) is 17.4 Å². The molecule has 0 amide bonds. The number of benzene rings is 2. The normalized spacial score (nSPS) is 20.2. The molecule has 1 aliphatic heterocycles. The predicted molar refractivity (Wildman–Crippen MR) is 86.2 cm³/mol. The summed E-state index contributed by atoms with van der Waals surface area (Å²) in [5.74, 6) is -4.97. The average Bonchev–Trinajstić information content (AvgIpc) is 2.82. The van der Waals surface area contributed by atoms with Crippen molar-refractivity contribution in [3.05, 3.63) is 77.4 Å². The third kappa shape index (κ3) is 2.90. The lowest BCUT2D eigenvalue weighted by Crippen LogP contribution is -2.32. The van der Waals surface area contributed by atoms with Crippen LogP contribution in [0.25, 0.3) is 0 Å². The van der Waals surface area contributed by atoms with Gasteiger partial charge in [-0.15, -0.1) is 0 Å². The van der Waals surface area contributed by atoms with Crippen molar-refractivity contribution in [3.63, 3.8) is 0 Å². The molecule has 3 rings (SSSR count). The van der Waals surface area contributed by atoms with Crippen molar-refractivity contribution in [2.24, 2.45) is 0 Å². The van der Waals surface area contributed by atoms with Gasteiger partial charge in [0.1, 0.15) is 0 Å². The molecular formula is C17H13F2NO5S. The average molecular weight is 381 g/mol. The molecule has 26 heavy (non-hydrogen) atoms. The van der Waals surface area contributed by atoms with E-state index in [9.17, 15) is 27.1 Å². The van der Waals surface area contributed by atoms with Crippen molar-refractivity contribution in [1.82, 2.24) is 4.72 Å². The maximum Gasteiger partial charge on any atom is 0.264 e. The monoisotopic (exact) mass is 381 g/mol. The first-order valence-electron chi connectivity index (χ1n) is 7.35. The van der Waals surface area contributed by atoms with Crippen LogP contribution in [-0.2, 0) is 25.2 Å². The van der Waals surface area contributed by atoms with Crippen molar-refractivity contribution >= 4 is 15.8 Å². The van der Waals surface area contributed by atoms with Gasteiger partial charge in [-0.1, -0.05) is 24.3 Å². The summed E-state index contributed by atoms with van der Waals surface area (Å²) in [4.78, 5) is 12.3. The molecule has 0 spiro atoms. The quantitative estimate of drug-likeness (QED) is 0.849. The van der Waals surface area contributed by atoms with E-state index in [-0.39, 0.29) is 10.5 Å². The van der Waals surface area contributed by atoms with E-state index in [0.717, 1.165) is 18.2 Å². The van der Waals surface area contributed by atoms with Gasteiger partial charge in [0.25, 0.3) is 15.8 Å². The van der Waals surface area contributed by atoms with Crippen LogP contribution in [0.15, 0.2) is 65.1 Å². The highest BCUT2D eigenvalue weighted by Crippen LogP contribution is 2.37. The van der Waals surface area contributed by atoms with Gasteiger partial charge >= 0.3 is 0 Å². The molecule has 2 aromatic carbocycles. The van der Waals surface area contributed by atoms with Crippen molar-refractivity contribution in [3.8, 4) is 0 Å². The molecule has 1 aliphatic rings. The zero-order valence-electron chi connectivity index (χ0n) is 13.4. The summed E-state index contributed by atoms with van der Waals surface area (Å²) < 4.78 is 58.6. The lowest BCUT2D eigenvalue weighted by atomic mass is 9.91. The van der Waals surface area contributed by atoms with Crippen molar-refractivity contribution in [1.29, 1.82) is 0 Å². The van der Waals surface area contributed by atoms with E-state index in [1.807, 2.05) is 4.72 Å². The van der Waals surface area contributed by atoms with Crippen LogP contribution in [0.4, 0.5) is 8.78 Å². The van der Waals surface area contributed by atoms with Crippen LogP contribution in [-0.4, -0.2) is 19.3 Å². The lowest BCUT2D eigenvalue weighted by Gasteiger charge is -2.23. The Kier molecular flexibility index (Phi) is 4.19. The van der Waals surface area contributed by atoms with Crippen LogP contribution < -0.4 is 4.72 Å². The van der Waals surface area contributed by atoms with Crippen LogP contribution in [0.3, 0.4) is 0 Å². The topological polar surface area (TPSA) is 92.7 Å². The Morgan fingerprint density at radius 3 is 2.35 bits per heavy atom. The standard InChI is InChI=1S/C17H13F2NO5S/c1-17(10-7-8-12(18)13(19)9-10)15(22)14(21)16(25-17)20-26(23,24)11-5-3-2-4-6-11/h2-9,20-21H,1H3. The van der Waals surface area contributed by atoms with Gasteiger partial charge in [0.15, 0.2) is 17.2 Å².